The average Bonchev–Trinajstić information content (AvgIpc) is 3.13. The Balaban J connectivity index is 0.000000194. The highest BCUT2D eigenvalue weighted by Gasteiger charge is 2.30. The fourth-order valence-electron chi connectivity index (χ4n) is 5.36. The number of aromatic hydroxyl groups is 4. The zero-order valence-electron chi connectivity index (χ0n) is 27.6. The highest BCUT2D eigenvalue weighted by molar-refractivity contribution is 5.97. The first-order chi connectivity index (χ1) is 24.1. The van der Waals surface area contributed by atoms with E-state index in [0.29, 0.717) is 11.1 Å². The monoisotopic (exact) mass is 688 g/mol. The van der Waals surface area contributed by atoms with E-state index in [0.717, 1.165) is 0 Å². The highest BCUT2D eigenvalue weighted by atomic mass is 16.5. The Morgan fingerprint density at radius 3 is 1.00 bits per heavy atom. The van der Waals surface area contributed by atoms with Crippen LogP contribution in [0.2, 0.25) is 0 Å². The molecule has 14 heteroatoms. The molecule has 6 rings (SSSR count). The topological polar surface area (TPSA) is 197 Å². The smallest absolute Gasteiger partial charge is 0.239 e. The van der Waals surface area contributed by atoms with E-state index in [1.165, 1.54) is 42.7 Å². The van der Waals surface area contributed by atoms with E-state index in [1.807, 2.05) is 12.1 Å². The number of rotatable bonds is 8. The van der Waals surface area contributed by atoms with E-state index in [4.69, 9.17) is 37.3 Å². The molecule has 0 spiro atoms. The molecule has 0 aliphatic carbocycles. The van der Waals surface area contributed by atoms with Gasteiger partial charge < -0.3 is 57.7 Å². The SMILES string of the molecule is COc1c(O)c(OC)c2oc(-c3ccccc3)c(OC)c(=O)c2c1O.COc1c(O)c(OC)c2oc(-c3ccccc3)c(OC)c(=O)c2c1O. The van der Waals surface area contributed by atoms with Crippen molar-refractivity contribution in [3.8, 4) is 80.1 Å². The van der Waals surface area contributed by atoms with Gasteiger partial charge in [-0.05, 0) is 0 Å². The molecule has 0 fully saturated rings. The second-order valence-electron chi connectivity index (χ2n) is 10.3. The number of hydrogen-bond acceptors (Lipinski definition) is 14. The number of ether oxygens (including phenoxy) is 6. The third-order valence-corrected chi connectivity index (χ3v) is 7.61. The van der Waals surface area contributed by atoms with Gasteiger partial charge in [0.05, 0.1) is 42.7 Å². The zero-order valence-corrected chi connectivity index (χ0v) is 27.6. The molecule has 6 aromatic rings. The van der Waals surface area contributed by atoms with Gasteiger partial charge in [0.2, 0.25) is 56.9 Å². The molecule has 4 aromatic carbocycles. The molecule has 14 nitrogen and oxygen atoms in total. The lowest BCUT2D eigenvalue weighted by Crippen LogP contribution is -2.09. The Hall–Kier alpha value is -6.70. The number of hydrogen-bond donors (Lipinski definition) is 4. The number of phenolic OH excluding ortho intramolecular Hbond substituents is 4. The van der Waals surface area contributed by atoms with Gasteiger partial charge in [-0.15, -0.1) is 0 Å². The Bertz CT molecular complexity index is 2150. The Kier molecular flexibility index (Phi) is 9.83. The molecule has 0 saturated heterocycles. The lowest BCUT2D eigenvalue weighted by atomic mass is 10.1. The Labute approximate surface area is 283 Å². The first-order valence-corrected chi connectivity index (χ1v) is 14.6. The summed E-state index contributed by atoms with van der Waals surface area (Å²) < 4.78 is 42.3. The van der Waals surface area contributed by atoms with Crippen molar-refractivity contribution >= 4 is 21.9 Å². The Morgan fingerprint density at radius 1 is 0.420 bits per heavy atom. The predicted octanol–water partition coefficient (Wildman–Crippen LogP) is 5.79. The minimum atomic E-state index is -0.614. The maximum atomic E-state index is 12.9. The van der Waals surface area contributed by atoms with Crippen molar-refractivity contribution in [2.24, 2.45) is 0 Å². The summed E-state index contributed by atoms with van der Waals surface area (Å²) in [6.07, 6.45) is 0. The molecular formula is C36H32O14. The van der Waals surface area contributed by atoms with Crippen molar-refractivity contribution < 1.29 is 57.7 Å². The largest absolute Gasteiger partial charge is 0.504 e. The normalized spacial score (nSPS) is 10.7. The van der Waals surface area contributed by atoms with Crippen molar-refractivity contribution in [3.63, 3.8) is 0 Å². The van der Waals surface area contributed by atoms with Gasteiger partial charge in [-0.1, -0.05) is 60.7 Å². The second kappa shape index (κ2) is 14.2. The molecule has 0 radical (unpaired) electrons. The van der Waals surface area contributed by atoms with E-state index in [2.05, 4.69) is 0 Å². The molecule has 2 heterocycles. The van der Waals surface area contributed by atoms with Gasteiger partial charge in [0.25, 0.3) is 0 Å². The van der Waals surface area contributed by atoms with Gasteiger partial charge in [0.15, 0.2) is 34.2 Å². The van der Waals surface area contributed by atoms with Crippen molar-refractivity contribution in [1.82, 2.24) is 0 Å². The summed E-state index contributed by atoms with van der Waals surface area (Å²) in [6.45, 7) is 0. The summed E-state index contributed by atoms with van der Waals surface area (Å²) in [5, 5.41) is 40.8. The van der Waals surface area contributed by atoms with E-state index >= 15 is 0 Å². The molecule has 0 atom stereocenters. The lowest BCUT2D eigenvalue weighted by molar-refractivity contribution is 0.322. The van der Waals surface area contributed by atoms with Crippen LogP contribution in [0.15, 0.2) is 79.1 Å². The summed E-state index contributed by atoms with van der Waals surface area (Å²) >= 11 is 0. The lowest BCUT2D eigenvalue weighted by Gasteiger charge is -2.15. The van der Waals surface area contributed by atoms with Gasteiger partial charge in [-0.2, -0.15) is 0 Å². The molecule has 50 heavy (non-hydrogen) atoms. The van der Waals surface area contributed by atoms with Crippen LogP contribution in [0.25, 0.3) is 44.6 Å². The first kappa shape index (κ1) is 34.6. The number of phenols is 4. The highest BCUT2D eigenvalue weighted by Crippen LogP contribution is 2.51. The van der Waals surface area contributed by atoms with Crippen LogP contribution in [0, 0.1) is 0 Å². The molecule has 260 valence electrons. The van der Waals surface area contributed by atoms with Crippen LogP contribution in [0.1, 0.15) is 0 Å². The molecule has 0 amide bonds. The summed E-state index contributed by atoms with van der Waals surface area (Å²) in [5.41, 5.74) is -0.260. The maximum Gasteiger partial charge on any atom is 0.239 e. The second-order valence-corrected chi connectivity index (χ2v) is 10.3. The first-order valence-electron chi connectivity index (χ1n) is 14.6. The van der Waals surface area contributed by atoms with Crippen molar-refractivity contribution in [2.75, 3.05) is 42.7 Å². The summed E-state index contributed by atoms with van der Waals surface area (Å²) in [7, 11) is 7.76. The predicted molar refractivity (Wildman–Crippen MR) is 182 cm³/mol. The molecular weight excluding hydrogens is 656 g/mol. The van der Waals surface area contributed by atoms with Crippen molar-refractivity contribution in [2.45, 2.75) is 0 Å². The molecule has 2 aromatic heterocycles. The van der Waals surface area contributed by atoms with Crippen molar-refractivity contribution in [1.29, 1.82) is 0 Å². The average molecular weight is 689 g/mol. The number of fused-ring (bicyclic) bond motifs is 2. The Morgan fingerprint density at radius 2 is 0.720 bits per heavy atom. The minimum Gasteiger partial charge on any atom is -0.504 e. The van der Waals surface area contributed by atoms with Crippen molar-refractivity contribution in [3.05, 3.63) is 81.1 Å². The van der Waals surface area contributed by atoms with E-state index in [1.54, 1.807) is 48.5 Å². The molecule has 0 unspecified atom stereocenters. The molecule has 4 N–H and O–H groups in total. The van der Waals surface area contributed by atoms with Crippen LogP contribution >= 0.6 is 0 Å². The van der Waals surface area contributed by atoms with Crippen LogP contribution in [0.5, 0.6) is 57.5 Å². The fraction of sp³-hybridized carbons (Fsp3) is 0.167. The van der Waals surface area contributed by atoms with Crippen LogP contribution in [0.4, 0.5) is 0 Å². The summed E-state index contributed by atoms with van der Waals surface area (Å²) in [5.74, 6) is -2.71. The number of methoxy groups -OCH3 is 6. The van der Waals surface area contributed by atoms with Crippen LogP contribution in [0.3, 0.4) is 0 Å². The van der Waals surface area contributed by atoms with Gasteiger partial charge >= 0.3 is 0 Å². The van der Waals surface area contributed by atoms with E-state index in [9.17, 15) is 30.0 Å². The van der Waals surface area contributed by atoms with Gasteiger partial charge in [-0.3, -0.25) is 9.59 Å². The minimum absolute atomic E-state index is 0.0798. The molecule has 0 bridgehead atoms. The molecule has 0 aliphatic heterocycles. The quantitative estimate of drug-likeness (QED) is 0.150. The van der Waals surface area contributed by atoms with Gasteiger partial charge in [0, 0.05) is 11.1 Å². The third kappa shape index (κ3) is 5.61. The fourth-order valence-corrected chi connectivity index (χ4v) is 5.36. The van der Waals surface area contributed by atoms with E-state index in [-0.39, 0.29) is 68.0 Å². The van der Waals surface area contributed by atoms with Gasteiger partial charge in [0.1, 0.15) is 10.8 Å². The standard InChI is InChI=1S/2C18H16O7/c2*1-22-16-11(19)10-12(20)17(23-2)14(9-7-5-4-6-8-9)25-15(10)18(24-3)13(16)21/h2*4-8,19,21H,1-3H3. The molecule has 0 aliphatic rings. The van der Waals surface area contributed by atoms with Gasteiger partial charge in [-0.25, -0.2) is 0 Å². The maximum absolute atomic E-state index is 12.9. The zero-order chi connectivity index (χ0) is 36.3. The van der Waals surface area contributed by atoms with Crippen LogP contribution in [-0.2, 0) is 0 Å². The van der Waals surface area contributed by atoms with Crippen LogP contribution < -0.4 is 39.3 Å². The number of benzene rings is 4. The van der Waals surface area contributed by atoms with Crippen LogP contribution in [-0.4, -0.2) is 63.1 Å². The summed E-state index contributed by atoms with van der Waals surface area (Å²) in [4.78, 5) is 25.8. The third-order valence-electron chi connectivity index (χ3n) is 7.61. The summed E-state index contributed by atoms with van der Waals surface area (Å²) in [6, 6.07) is 17.7. The van der Waals surface area contributed by atoms with E-state index < -0.39 is 33.9 Å². The molecule has 0 saturated carbocycles.